The topological polar surface area (TPSA) is 85.4 Å². The Morgan fingerprint density at radius 1 is 1.53 bits per heavy atom. The standard InChI is InChI=1S/C11H10N2O4/c1-16-11-8-9(4-6-13(14)15)2-3-10(11)17-7-5-12/h2-4,6,8H,7H2,1H3/b6-4+. The Labute approximate surface area is 97.8 Å². The quantitative estimate of drug-likeness (QED) is 0.573. The van der Waals surface area contributed by atoms with E-state index >= 15 is 0 Å². The van der Waals surface area contributed by atoms with Crippen molar-refractivity contribution in [2.45, 2.75) is 0 Å². The van der Waals surface area contributed by atoms with Gasteiger partial charge in [0, 0.05) is 6.08 Å². The minimum absolute atomic E-state index is 0.0829. The number of nitro groups is 1. The van der Waals surface area contributed by atoms with Crippen molar-refractivity contribution in [3.05, 3.63) is 40.1 Å². The van der Waals surface area contributed by atoms with Gasteiger partial charge in [-0.15, -0.1) is 0 Å². The summed E-state index contributed by atoms with van der Waals surface area (Å²) < 4.78 is 10.2. The van der Waals surface area contributed by atoms with Crippen molar-refractivity contribution < 1.29 is 14.4 Å². The first kappa shape index (κ1) is 12.5. The Bertz CT molecular complexity index is 477. The number of ether oxygens (including phenoxy) is 2. The third-order valence-corrected chi connectivity index (χ3v) is 1.87. The average molecular weight is 234 g/mol. The summed E-state index contributed by atoms with van der Waals surface area (Å²) in [6, 6.07) is 6.66. The molecule has 0 spiro atoms. The molecule has 0 radical (unpaired) electrons. The monoisotopic (exact) mass is 234 g/mol. The fraction of sp³-hybridized carbons (Fsp3) is 0.182. The largest absolute Gasteiger partial charge is 0.493 e. The molecule has 0 atom stereocenters. The molecule has 0 unspecified atom stereocenters. The Morgan fingerprint density at radius 2 is 2.29 bits per heavy atom. The maximum absolute atomic E-state index is 10.2. The van der Waals surface area contributed by atoms with E-state index in [0.717, 1.165) is 6.20 Å². The molecule has 0 aliphatic carbocycles. The summed E-state index contributed by atoms with van der Waals surface area (Å²) in [5.74, 6) is 0.845. The number of hydrogen-bond acceptors (Lipinski definition) is 5. The molecule has 0 saturated carbocycles. The van der Waals surface area contributed by atoms with Crippen LogP contribution in [0.4, 0.5) is 0 Å². The van der Waals surface area contributed by atoms with E-state index in [-0.39, 0.29) is 6.61 Å². The number of hydrogen-bond donors (Lipinski definition) is 0. The van der Waals surface area contributed by atoms with Crippen LogP contribution < -0.4 is 9.47 Å². The van der Waals surface area contributed by atoms with Crippen LogP contribution in [0.1, 0.15) is 5.56 Å². The first-order chi connectivity index (χ1) is 8.17. The van der Waals surface area contributed by atoms with Crippen LogP contribution in [0.15, 0.2) is 24.4 Å². The lowest BCUT2D eigenvalue weighted by Crippen LogP contribution is -1.96. The molecular formula is C11H10N2O4. The Balaban J connectivity index is 2.92. The Hall–Kier alpha value is -2.55. The first-order valence-electron chi connectivity index (χ1n) is 4.67. The predicted octanol–water partition coefficient (Wildman–Crippen LogP) is 1.84. The fourth-order valence-electron chi connectivity index (χ4n) is 1.16. The normalized spacial score (nSPS) is 9.88. The molecule has 1 aromatic carbocycles. The minimum atomic E-state index is -0.549. The third kappa shape index (κ3) is 3.83. The molecule has 0 aliphatic heterocycles. The van der Waals surface area contributed by atoms with Crippen LogP contribution in [0.2, 0.25) is 0 Å². The molecule has 0 aliphatic rings. The van der Waals surface area contributed by atoms with Gasteiger partial charge >= 0.3 is 0 Å². The highest BCUT2D eigenvalue weighted by Gasteiger charge is 2.04. The second-order valence-electron chi connectivity index (χ2n) is 2.96. The highest BCUT2D eigenvalue weighted by molar-refractivity contribution is 5.55. The third-order valence-electron chi connectivity index (χ3n) is 1.87. The zero-order valence-corrected chi connectivity index (χ0v) is 9.12. The van der Waals surface area contributed by atoms with Crippen molar-refractivity contribution in [3.8, 4) is 17.6 Å². The molecule has 0 heterocycles. The van der Waals surface area contributed by atoms with Crippen LogP contribution in [0.25, 0.3) is 6.08 Å². The molecule has 0 saturated heterocycles. The molecular weight excluding hydrogens is 224 g/mol. The lowest BCUT2D eigenvalue weighted by atomic mass is 10.2. The number of benzene rings is 1. The first-order valence-corrected chi connectivity index (χ1v) is 4.67. The van der Waals surface area contributed by atoms with E-state index in [0.29, 0.717) is 17.1 Å². The van der Waals surface area contributed by atoms with E-state index in [4.69, 9.17) is 14.7 Å². The maximum atomic E-state index is 10.2. The van der Waals surface area contributed by atoms with Gasteiger partial charge in [-0.05, 0) is 17.7 Å². The minimum Gasteiger partial charge on any atom is -0.493 e. The van der Waals surface area contributed by atoms with Gasteiger partial charge < -0.3 is 9.47 Å². The van der Waals surface area contributed by atoms with Gasteiger partial charge in [-0.25, -0.2) is 0 Å². The van der Waals surface area contributed by atoms with Crippen LogP contribution >= 0.6 is 0 Å². The van der Waals surface area contributed by atoms with Crippen molar-refractivity contribution in [1.29, 1.82) is 5.26 Å². The number of nitriles is 1. The molecule has 17 heavy (non-hydrogen) atoms. The van der Waals surface area contributed by atoms with Gasteiger partial charge in [-0.1, -0.05) is 6.07 Å². The van der Waals surface area contributed by atoms with E-state index in [1.165, 1.54) is 13.2 Å². The van der Waals surface area contributed by atoms with Crippen molar-refractivity contribution in [2.24, 2.45) is 0 Å². The average Bonchev–Trinajstić information content (AvgIpc) is 2.34. The van der Waals surface area contributed by atoms with E-state index < -0.39 is 4.92 Å². The summed E-state index contributed by atoms with van der Waals surface area (Å²) in [6.45, 7) is -0.0829. The van der Waals surface area contributed by atoms with Gasteiger partial charge in [0.1, 0.15) is 6.07 Å². The predicted molar refractivity (Wildman–Crippen MR) is 60.1 cm³/mol. The van der Waals surface area contributed by atoms with Crippen molar-refractivity contribution in [2.75, 3.05) is 13.7 Å². The highest BCUT2D eigenvalue weighted by atomic mass is 16.6. The molecule has 0 bridgehead atoms. The van der Waals surface area contributed by atoms with Gasteiger partial charge in [-0.3, -0.25) is 10.1 Å². The summed E-state index contributed by atoms with van der Waals surface area (Å²) in [4.78, 5) is 9.61. The molecule has 0 aromatic heterocycles. The Kier molecular flexibility index (Phi) is 4.51. The van der Waals surface area contributed by atoms with E-state index in [9.17, 15) is 10.1 Å². The molecule has 88 valence electrons. The summed E-state index contributed by atoms with van der Waals surface area (Å²) in [7, 11) is 1.45. The molecule has 0 N–H and O–H groups in total. The smallest absolute Gasteiger partial charge is 0.235 e. The molecule has 0 amide bonds. The molecule has 0 fully saturated rings. The van der Waals surface area contributed by atoms with Crippen LogP contribution in [0.3, 0.4) is 0 Å². The second kappa shape index (κ2) is 6.12. The molecule has 6 nitrogen and oxygen atoms in total. The number of rotatable bonds is 5. The van der Waals surface area contributed by atoms with E-state index in [1.54, 1.807) is 18.2 Å². The van der Waals surface area contributed by atoms with Gasteiger partial charge in [0.05, 0.1) is 12.0 Å². The van der Waals surface area contributed by atoms with Crippen molar-refractivity contribution in [3.63, 3.8) is 0 Å². The van der Waals surface area contributed by atoms with Crippen molar-refractivity contribution >= 4 is 6.08 Å². The van der Waals surface area contributed by atoms with Gasteiger partial charge in [0.15, 0.2) is 18.1 Å². The summed E-state index contributed by atoms with van der Waals surface area (Å²) >= 11 is 0. The number of nitrogens with zero attached hydrogens (tertiary/aromatic N) is 2. The fourth-order valence-corrected chi connectivity index (χ4v) is 1.16. The zero-order chi connectivity index (χ0) is 12.7. The van der Waals surface area contributed by atoms with Crippen LogP contribution in [0, 0.1) is 21.4 Å². The summed E-state index contributed by atoms with van der Waals surface area (Å²) in [5, 5.41) is 18.6. The lowest BCUT2D eigenvalue weighted by Gasteiger charge is -2.08. The Morgan fingerprint density at radius 3 is 2.88 bits per heavy atom. The van der Waals surface area contributed by atoms with Crippen molar-refractivity contribution in [1.82, 2.24) is 0 Å². The van der Waals surface area contributed by atoms with E-state index in [2.05, 4.69) is 0 Å². The van der Waals surface area contributed by atoms with Gasteiger partial charge in [-0.2, -0.15) is 5.26 Å². The van der Waals surface area contributed by atoms with Gasteiger partial charge in [0.2, 0.25) is 6.20 Å². The van der Waals surface area contributed by atoms with Gasteiger partial charge in [0.25, 0.3) is 0 Å². The molecule has 1 aromatic rings. The van der Waals surface area contributed by atoms with Crippen LogP contribution in [-0.2, 0) is 0 Å². The van der Waals surface area contributed by atoms with E-state index in [1.807, 2.05) is 6.07 Å². The lowest BCUT2D eigenvalue weighted by molar-refractivity contribution is -0.400. The SMILES string of the molecule is COc1cc(/C=C/[N+](=O)[O-])ccc1OCC#N. The number of methoxy groups -OCH3 is 1. The zero-order valence-electron chi connectivity index (χ0n) is 9.12. The second-order valence-corrected chi connectivity index (χ2v) is 2.96. The maximum Gasteiger partial charge on any atom is 0.235 e. The van der Waals surface area contributed by atoms with Crippen LogP contribution in [-0.4, -0.2) is 18.6 Å². The molecule has 6 heteroatoms. The molecule has 1 rings (SSSR count). The summed E-state index contributed by atoms with van der Waals surface area (Å²) in [5.41, 5.74) is 0.614. The highest BCUT2D eigenvalue weighted by Crippen LogP contribution is 2.28. The van der Waals surface area contributed by atoms with Crippen LogP contribution in [0.5, 0.6) is 11.5 Å². The summed E-state index contributed by atoms with van der Waals surface area (Å²) in [6.07, 6.45) is 2.18.